The van der Waals surface area contributed by atoms with Crippen molar-refractivity contribution in [3.8, 4) is 11.1 Å². The summed E-state index contributed by atoms with van der Waals surface area (Å²) in [5.41, 5.74) is 4.16. The number of H-pyrrole nitrogens is 1. The monoisotopic (exact) mass is 452 g/mol. The van der Waals surface area contributed by atoms with Crippen molar-refractivity contribution in [3.63, 3.8) is 0 Å². The molecule has 0 spiro atoms. The number of hydrogen-bond donors (Lipinski definition) is 2. The van der Waals surface area contributed by atoms with Crippen LogP contribution in [0.5, 0.6) is 0 Å². The Kier molecular flexibility index (Phi) is 5.03. The minimum absolute atomic E-state index is 0.244. The summed E-state index contributed by atoms with van der Waals surface area (Å²) in [4.78, 5) is 22.7. The number of benzene rings is 1. The molecule has 0 radical (unpaired) electrons. The Labute approximate surface area is 195 Å². The molecule has 0 atom stereocenters. The quantitative estimate of drug-likeness (QED) is 0.429. The Hall–Kier alpha value is -4.11. The van der Waals surface area contributed by atoms with E-state index in [4.69, 9.17) is 0 Å². The van der Waals surface area contributed by atoms with Crippen molar-refractivity contribution in [3.05, 3.63) is 66.7 Å². The summed E-state index contributed by atoms with van der Waals surface area (Å²) in [7, 11) is 2.13. The highest BCUT2D eigenvalue weighted by atomic mass is 16.1. The molecule has 0 unspecified atom stereocenters. The number of carbonyl (C=O) groups excluding carboxylic acids is 1. The fourth-order valence-corrected chi connectivity index (χ4v) is 4.49. The van der Waals surface area contributed by atoms with Crippen LogP contribution in [0.1, 0.15) is 29.2 Å². The minimum Gasteiger partial charge on any atom is -0.346 e. The Morgan fingerprint density at radius 1 is 1.03 bits per heavy atom. The average molecular weight is 453 g/mol. The van der Waals surface area contributed by atoms with Crippen LogP contribution < -0.4 is 5.32 Å². The number of hydrogen-bond acceptors (Lipinski definition) is 6. The standard InChI is InChI=1S/C25H24N8O/c1-32-8-5-21(6-9-32)33-15-20(14-28-33)25(34)29-23-12-18-10-16(2-3-22(18)30-31-23)19-11-17-4-7-26-24(17)27-13-19/h2-4,7,10-15,21H,5-6,8-9H2,1H3,(H,26,27)(H,29,31,34). The molecule has 6 rings (SSSR count). The molecular formula is C25H24N8O. The van der Waals surface area contributed by atoms with Crippen LogP contribution in [0.4, 0.5) is 5.82 Å². The molecule has 2 N–H and O–H groups in total. The van der Waals surface area contributed by atoms with Gasteiger partial charge in [-0.1, -0.05) is 6.07 Å². The van der Waals surface area contributed by atoms with Crippen molar-refractivity contribution in [1.29, 1.82) is 0 Å². The van der Waals surface area contributed by atoms with Crippen molar-refractivity contribution >= 4 is 33.7 Å². The van der Waals surface area contributed by atoms with Gasteiger partial charge in [-0.2, -0.15) is 5.10 Å². The smallest absolute Gasteiger partial charge is 0.260 e. The summed E-state index contributed by atoms with van der Waals surface area (Å²) in [6.07, 6.45) is 9.23. The molecule has 4 aromatic heterocycles. The highest BCUT2D eigenvalue weighted by Gasteiger charge is 2.20. The van der Waals surface area contributed by atoms with E-state index in [1.807, 2.05) is 53.6 Å². The molecule has 1 aromatic carbocycles. The molecule has 1 fully saturated rings. The van der Waals surface area contributed by atoms with E-state index in [1.165, 1.54) is 0 Å². The number of carbonyl (C=O) groups is 1. The van der Waals surface area contributed by atoms with Crippen LogP contribution in [0.3, 0.4) is 0 Å². The van der Waals surface area contributed by atoms with Crippen molar-refractivity contribution in [2.45, 2.75) is 18.9 Å². The average Bonchev–Trinajstić information content (AvgIpc) is 3.54. The SMILES string of the molecule is CN1CCC(n2cc(C(=O)Nc3cc4cc(-c5cnc6[nH]ccc6c5)ccc4nn3)cn2)CC1. The number of likely N-dealkylation sites (tertiary alicyclic amines) is 1. The van der Waals surface area contributed by atoms with E-state index in [1.54, 1.807) is 6.20 Å². The summed E-state index contributed by atoms with van der Waals surface area (Å²) < 4.78 is 1.91. The van der Waals surface area contributed by atoms with Gasteiger partial charge in [0, 0.05) is 34.9 Å². The van der Waals surface area contributed by atoms with Gasteiger partial charge in [0.1, 0.15) is 5.65 Å². The third-order valence-corrected chi connectivity index (χ3v) is 6.49. The Morgan fingerprint density at radius 2 is 1.88 bits per heavy atom. The molecule has 34 heavy (non-hydrogen) atoms. The molecule has 9 heteroatoms. The number of aromatic amines is 1. The first-order chi connectivity index (χ1) is 16.6. The van der Waals surface area contributed by atoms with Gasteiger partial charge in [0.15, 0.2) is 5.82 Å². The maximum Gasteiger partial charge on any atom is 0.260 e. The predicted molar refractivity (Wildman–Crippen MR) is 131 cm³/mol. The Balaban J connectivity index is 1.22. The molecule has 170 valence electrons. The summed E-state index contributed by atoms with van der Waals surface area (Å²) in [5, 5.41) is 17.7. The maximum atomic E-state index is 12.8. The van der Waals surface area contributed by atoms with Crippen LogP contribution in [-0.4, -0.2) is 60.9 Å². The summed E-state index contributed by atoms with van der Waals surface area (Å²) in [6.45, 7) is 2.08. The molecule has 9 nitrogen and oxygen atoms in total. The number of anilines is 1. The zero-order valence-corrected chi connectivity index (χ0v) is 18.8. The van der Waals surface area contributed by atoms with E-state index < -0.39 is 0 Å². The van der Waals surface area contributed by atoms with Crippen LogP contribution >= 0.6 is 0 Å². The molecule has 0 saturated carbocycles. The summed E-state index contributed by atoms with van der Waals surface area (Å²) in [5.74, 6) is 0.159. The lowest BCUT2D eigenvalue weighted by atomic mass is 10.0. The number of nitrogens with zero attached hydrogens (tertiary/aromatic N) is 6. The van der Waals surface area contributed by atoms with Crippen molar-refractivity contribution in [1.82, 2.24) is 34.8 Å². The number of amides is 1. The highest BCUT2D eigenvalue weighted by molar-refractivity contribution is 6.04. The molecule has 5 heterocycles. The number of aromatic nitrogens is 6. The van der Waals surface area contributed by atoms with Gasteiger partial charge in [-0.15, -0.1) is 10.2 Å². The number of pyridine rings is 1. The molecule has 0 aliphatic carbocycles. The molecule has 0 bridgehead atoms. The zero-order chi connectivity index (χ0) is 23.1. The number of rotatable bonds is 4. The first kappa shape index (κ1) is 20.5. The van der Waals surface area contributed by atoms with Crippen molar-refractivity contribution < 1.29 is 4.79 Å². The van der Waals surface area contributed by atoms with Crippen molar-refractivity contribution in [2.75, 3.05) is 25.5 Å². The third-order valence-electron chi connectivity index (χ3n) is 6.49. The van der Waals surface area contributed by atoms with Crippen LogP contribution in [0.2, 0.25) is 0 Å². The molecule has 1 aliphatic heterocycles. The first-order valence-electron chi connectivity index (χ1n) is 11.4. The predicted octanol–water partition coefficient (Wildman–Crippen LogP) is 3.89. The second-order valence-electron chi connectivity index (χ2n) is 8.84. The van der Waals surface area contributed by atoms with Gasteiger partial charge < -0.3 is 15.2 Å². The Morgan fingerprint density at radius 3 is 2.76 bits per heavy atom. The van der Waals surface area contributed by atoms with E-state index in [-0.39, 0.29) is 5.91 Å². The van der Waals surface area contributed by atoms with Gasteiger partial charge >= 0.3 is 0 Å². The van der Waals surface area contributed by atoms with Crippen LogP contribution in [-0.2, 0) is 0 Å². The topological polar surface area (TPSA) is 105 Å². The number of piperidine rings is 1. The molecule has 1 amide bonds. The van der Waals surface area contributed by atoms with Crippen LogP contribution in [0.25, 0.3) is 33.1 Å². The highest BCUT2D eigenvalue weighted by Crippen LogP contribution is 2.26. The van der Waals surface area contributed by atoms with Gasteiger partial charge in [0.2, 0.25) is 0 Å². The van der Waals surface area contributed by atoms with E-state index in [0.717, 1.165) is 59.0 Å². The number of nitrogens with one attached hydrogen (secondary N) is 2. The van der Waals surface area contributed by atoms with Crippen LogP contribution in [0, 0.1) is 0 Å². The van der Waals surface area contributed by atoms with E-state index >= 15 is 0 Å². The summed E-state index contributed by atoms with van der Waals surface area (Å²) in [6, 6.07) is 12.2. The fourth-order valence-electron chi connectivity index (χ4n) is 4.49. The van der Waals surface area contributed by atoms with E-state index in [2.05, 4.69) is 48.6 Å². The molecular weight excluding hydrogens is 428 g/mol. The summed E-state index contributed by atoms with van der Waals surface area (Å²) >= 11 is 0. The van der Waals surface area contributed by atoms with E-state index in [0.29, 0.717) is 17.4 Å². The lowest BCUT2D eigenvalue weighted by Gasteiger charge is -2.28. The first-order valence-corrected chi connectivity index (χ1v) is 11.4. The Bertz CT molecular complexity index is 1500. The lowest BCUT2D eigenvalue weighted by molar-refractivity contribution is 0.102. The van der Waals surface area contributed by atoms with Crippen LogP contribution in [0.15, 0.2) is 61.2 Å². The zero-order valence-electron chi connectivity index (χ0n) is 18.8. The molecule has 1 saturated heterocycles. The largest absolute Gasteiger partial charge is 0.346 e. The fraction of sp³-hybridized carbons (Fsp3) is 0.240. The van der Waals surface area contributed by atoms with Crippen molar-refractivity contribution in [2.24, 2.45) is 0 Å². The van der Waals surface area contributed by atoms with Gasteiger partial charge in [-0.3, -0.25) is 9.48 Å². The normalized spacial score (nSPS) is 15.2. The maximum absolute atomic E-state index is 12.8. The minimum atomic E-state index is -0.244. The van der Waals surface area contributed by atoms with Gasteiger partial charge in [-0.05, 0) is 68.9 Å². The van der Waals surface area contributed by atoms with Gasteiger partial charge in [-0.25, -0.2) is 4.98 Å². The van der Waals surface area contributed by atoms with E-state index in [9.17, 15) is 4.79 Å². The second-order valence-corrected chi connectivity index (χ2v) is 8.84. The van der Waals surface area contributed by atoms with Gasteiger partial charge in [0.25, 0.3) is 5.91 Å². The van der Waals surface area contributed by atoms with Gasteiger partial charge in [0.05, 0.1) is 23.3 Å². The lowest BCUT2D eigenvalue weighted by Crippen LogP contribution is -2.31. The molecule has 1 aliphatic rings. The number of fused-ring (bicyclic) bond motifs is 2. The molecule has 5 aromatic rings. The third kappa shape index (κ3) is 3.90. The second kappa shape index (κ2) is 8.35.